The van der Waals surface area contributed by atoms with Crippen LogP contribution in [0.1, 0.15) is 52.2 Å². The number of unbranched alkanes of at least 4 members (excludes halogenated alkanes) is 1. The summed E-state index contributed by atoms with van der Waals surface area (Å²) in [7, 11) is 0. The summed E-state index contributed by atoms with van der Waals surface area (Å²) in [6.45, 7) is 6.54. The Hall–Kier alpha value is -3.34. The smallest absolute Gasteiger partial charge is 0.407 e. The number of carbonyl (C=O) groups excluding carboxylic acids is 3. The van der Waals surface area contributed by atoms with Gasteiger partial charge in [0.1, 0.15) is 12.7 Å². The lowest BCUT2D eigenvalue weighted by atomic mass is 10.1. The van der Waals surface area contributed by atoms with Crippen LogP contribution < -0.4 is 21.9 Å². The molecule has 0 aliphatic carbocycles. The summed E-state index contributed by atoms with van der Waals surface area (Å²) in [5.41, 5.74) is -1.48. The summed E-state index contributed by atoms with van der Waals surface area (Å²) in [5, 5.41) is 5.25. The first-order valence-electron chi connectivity index (χ1n) is 14.5. The number of nitrogens with one attached hydrogen (secondary N) is 3. The van der Waals surface area contributed by atoms with E-state index in [1.54, 1.807) is 6.92 Å². The molecular weight excluding hydrogens is 575 g/mol. The van der Waals surface area contributed by atoms with Crippen LogP contribution in [0.3, 0.4) is 0 Å². The fourth-order valence-electron chi connectivity index (χ4n) is 3.95. The van der Waals surface area contributed by atoms with Crippen LogP contribution in [-0.4, -0.2) is 105 Å². The molecule has 43 heavy (non-hydrogen) atoms. The molecular formula is C27H43FN4O11. The number of hydrogen-bond acceptors (Lipinski definition) is 11. The molecule has 1 aliphatic heterocycles. The monoisotopic (exact) mass is 618 g/mol. The average Bonchev–Trinajstić information content (AvgIpc) is 3.28. The largest absolute Gasteiger partial charge is 0.456 e. The fourth-order valence-corrected chi connectivity index (χ4v) is 3.95. The first-order chi connectivity index (χ1) is 20.8. The molecule has 244 valence electrons. The van der Waals surface area contributed by atoms with Crippen LogP contribution in [0.4, 0.5) is 9.18 Å². The fraction of sp³-hybridized carbons (Fsp3) is 0.741. The van der Waals surface area contributed by atoms with Crippen molar-refractivity contribution in [2.45, 2.75) is 70.6 Å². The summed E-state index contributed by atoms with van der Waals surface area (Å²) in [4.78, 5) is 61.0. The van der Waals surface area contributed by atoms with Crippen LogP contribution in [0, 0.1) is 0 Å². The zero-order chi connectivity index (χ0) is 31.5. The van der Waals surface area contributed by atoms with Gasteiger partial charge >= 0.3 is 17.8 Å². The van der Waals surface area contributed by atoms with E-state index in [1.165, 1.54) is 0 Å². The maximum atomic E-state index is 15.1. The van der Waals surface area contributed by atoms with Crippen LogP contribution in [0.15, 0.2) is 21.9 Å². The number of alkyl carbamates (subject to hydrolysis) is 1. The van der Waals surface area contributed by atoms with Gasteiger partial charge < -0.3 is 39.1 Å². The topological polar surface area (TPSA) is 186 Å². The van der Waals surface area contributed by atoms with Crippen LogP contribution in [0.5, 0.6) is 0 Å². The van der Waals surface area contributed by atoms with Gasteiger partial charge in [0.2, 0.25) is 5.91 Å². The average molecular weight is 619 g/mol. The summed E-state index contributed by atoms with van der Waals surface area (Å²) in [6, 6.07) is 1.06. The summed E-state index contributed by atoms with van der Waals surface area (Å²) in [6.07, 6.45) is -2.88. The lowest BCUT2D eigenvalue weighted by Gasteiger charge is -2.18. The number of halogens is 1. The molecule has 15 nitrogen and oxygen atoms in total. The Morgan fingerprint density at radius 2 is 1.63 bits per heavy atom. The normalized spacial score (nSPS) is 19.6. The maximum absolute atomic E-state index is 15.1. The zero-order valence-corrected chi connectivity index (χ0v) is 24.7. The molecule has 1 aliphatic rings. The van der Waals surface area contributed by atoms with Gasteiger partial charge in [0, 0.05) is 31.8 Å². The molecule has 2 amide bonds. The lowest BCUT2D eigenvalue weighted by Crippen LogP contribution is -2.37. The molecule has 16 heteroatoms. The van der Waals surface area contributed by atoms with E-state index in [4.69, 9.17) is 28.4 Å². The van der Waals surface area contributed by atoms with E-state index in [0.29, 0.717) is 39.4 Å². The molecule has 0 aromatic carbocycles. The molecule has 1 unspecified atom stereocenters. The van der Waals surface area contributed by atoms with Crippen molar-refractivity contribution >= 4 is 18.0 Å². The van der Waals surface area contributed by atoms with Gasteiger partial charge in [0.05, 0.1) is 46.1 Å². The Morgan fingerprint density at radius 3 is 2.28 bits per heavy atom. The number of hydrogen-bond donors (Lipinski definition) is 3. The third-order valence-electron chi connectivity index (χ3n) is 6.19. The highest BCUT2D eigenvalue weighted by Gasteiger charge is 2.48. The van der Waals surface area contributed by atoms with Crippen LogP contribution in [0.2, 0.25) is 0 Å². The Kier molecular flexibility index (Phi) is 17.1. The molecule has 1 fully saturated rings. The number of carbonyl (C=O) groups is 3. The molecule has 3 N–H and O–H groups in total. The van der Waals surface area contributed by atoms with E-state index < -0.39 is 53.8 Å². The standard InChI is InChI=1S/C27H43FN4O11/c1-3-5-9-30-27(37)41-18-17-40-16-15-39-14-13-38-12-10-29-20(33)6-7-22(35)43-24-19(4-2)42-25(23(24)28)32-11-8-21(34)31-26(32)36/h8,11,19,23-25H,3-7,9-10,12-18H2,1-2H3,(H,29,33)(H,30,37)(H,31,34,36)/t19-,23?,24+,25-/m1/s1. The van der Waals surface area contributed by atoms with Gasteiger partial charge in [-0.05, 0) is 12.8 Å². The van der Waals surface area contributed by atoms with Gasteiger partial charge in [-0.2, -0.15) is 0 Å². The molecule has 1 aromatic heterocycles. The van der Waals surface area contributed by atoms with Crippen LogP contribution in [0.25, 0.3) is 0 Å². The first kappa shape index (κ1) is 35.9. The summed E-state index contributed by atoms with van der Waals surface area (Å²) >= 11 is 0. The molecule has 2 heterocycles. The van der Waals surface area contributed by atoms with Crippen molar-refractivity contribution in [2.75, 3.05) is 59.3 Å². The quantitative estimate of drug-likeness (QED) is 0.129. The van der Waals surface area contributed by atoms with E-state index >= 15 is 4.39 Å². The number of aromatic amines is 1. The molecule has 1 aromatic rings. The van der Waals surface area contributed by atoms with E-state index in [-0.39, 0.29) is 39.2 Å². The first-order valence-corrected chi connectivity index (χ1v) is 14.5. The van der Waals surface area contributed by atoms with Gasteiger partial charge in [-0.1, -0.05) is 20.3 Å². The van der Waals surface area contributed by atoms with E-state index in [9.17, 15) is 24.0 Å². The van der Waals surface area contributed by atoms with Gasteiger partial charge in [-0.25, -0.2) is 14.0 Å². The summed E-state index contributed by atoms with van der Waals surface area (Å²) < 4.78 is 47.8. The highest BCUT2D eigenvalue weighted by Crippen LogP contribution is 2.34. The molecule has 2 rings (SSSR count). The van der Waals surface area contributed by atoms with Crippen LogP contribution in [-0.2, 0) is 38.0 Å². The predicted octanol–water partition coefficient (Wildman–Crippen LogP) is 0.566. The molecule has 0 spiro atoms. The molecule has 4 atom stereocenters. The summed E-state index contributed by atoms with van der Waals surface area (Å²) in [5.74, 6) is -1.18. The van der Waals surface area contributed by atoms with Crippen molar-refractivity contribution < 1.29 is 47.2 Å². The number of H-pyrrole nitrogens is 1. The van der Waals surface area contributed by atoms with E-state index in [0.717, 1.165) is 29.7 Å². The van der Waals surface area contributed by atoms with Crippen molar-refractivity contribution in [1.29, 1.82) is 0 Å². The van der Waals surface area contributed by atoms with Crippen molar-refractivity contribution in [3.63, 3.8) is 0 Å². The number of esters is 1. The molecule has 1 saturated heterocycles. The number of aromatic nitrogens is 2. The molecule has 0 bridgehead atoms. The Balaban J connectivity index is 1.49. The van der Waals surface area contributed by atoms with Gasteiger partial charge in [0.15, 0.2) is 18.5 Å². The van der Waals surface area contributed by atoms with Crippen molar-refractivity contribution in [3.8, 4) is 0 Å². The maximum Gasteiger partial charge on any atom is 0.407 e. The van der Waals surface area contributed by atoms with Gasteiger partial charge in [0.25, 0.3) is 5.56 Å². The number of nitrogens with zero attached hydrogens (tertiary/aromatic N) is 1. The molecule has 0 saturated carbocycles. The second-order valence-electron chi connectivity index (χ2n) is 9.49. The minimum atomic E-state index is -1.85. The second-order valence-corrected chi connectivity index (χ2v) is 9.49. The number of rotatable bonds is 21. The predicted molar refractivity (Wildman–Crippen MR) is 149 cm³/mol. The van der Waals surface area contributed by atoms with E-state index in [1.807, 2.05) is 11.9 Å². The van der Waals surface area contributed by atoms with Gasteiger partial charge in [-0.15, -0.1) is 0 Å². The lowest BCUT2D eigenvalue weighted by molar-refractivity contribution is -0.154. The van der Waals surface area contributed by atoms with Gasteiger partial charge in [-0.3, -0.25) is 23.9 Å². The van der Waals surface area contributed by atoms with Crippen LogP contribution >= 0.6 is 0 Å². The Morgan fingerprint density at radius 1 is 0.953 bits per heavy atom. The molecule has 0 radical (unpaired) electrons. The zero-order valence-electron chi connectivity index (χ0n) is 24.7. The van der Waals surface area contributed by atoms with E-state index in [2.05, 4.69) is 10.6 Å². The minimum absolute atomic E-state index is 0.157. The highest BCUT2D eigenvalue weighted by molar-refractivity contribution is 5.81. The Labute approximate surface area is 248 Å². The minimum Gasteiger partial charge on any atom is -0.456 e. The number of amides is 2. The third-order valence-corrected chi connectivity index (χ3v) is 6.19. The van der Waals surface area contributed by atoms with Crippen molar-refractivity contribution in [2.24, 2.45) is 0 Å². The van der Waals surface area contributed by atoms with Crippen molar-refractivity contribution in [1.82, 2.24) is 20.2 Å². The SMILES string of the molecule is CCCCNC(=O)OCCOCCOCCOCCNC(=O)CCC(=O)O[C@@H]1C(F)[C@H](n2ccc(=O)[nH]c2=O)O[C@@H]1CC. The van der Waals surface area contributed by atoms with Crippen molar-refractivity contribution in [3.05, 3.63) is 33.1 Å². The Bertz CT molecular complexity index is 1100. The number of ether oxygens (including phenoxy) is 6. The highest BCUT2D eigenvalue weighted by atomic mass is 19.1. The third kappa shape index (κ3) is 13.7. The second kappa shape index (κ2) is 20.5. The number of alkyl halides is 1.